The topological polar surface area (TPSA) is 95.5 Å². The number of carboxylic acid groups (broad SMARTS) is 1. The summed E-state index contributed by atoms with van der Waals surface area (Å²) in [5.41, 5.74) is 0.687. The highest BCUT2D eigenvalue weighted by atomic mass is 32.2. The van der Waals surface area contributed by atoms with E-state index in [9.17, 15) is 14.4 Å². The van der Waals surface area contributed by atoms with Gasteiger partial charge in [-0.05, 0) is 19.1 Å². The molecule has 114 valence electrons. The Kier molecular flexibility index (Phi) is 6.74. The van der Waals surface area contributed by atoms with Crippen LogP contribution in [0.15, 0.2) is 30.3 Å². The molecule has 0 aromatic heterocycles. The fraction of sp³-hybridized carbons (Fsp3) is 0.357. The van der Waals surface area contributed by atoms with Crippen molar-refractivity contribution in [1.82, 2.24) is 5.32 Å². The molecule has 1 unspecified atom stereocenters. The molecule has 2 amide bonds. The number of amides is 2. The number of carbonyl (C=O) groups is 3. The Morgan fingerprint density at radius 1 is 1.24 bits per heavy atom. The van der Waals surface area contributed by atoms with Crippen LogP contribution in [0, 0.1) is 0 Å². The maximum atomic E-state index is 12.0. The Balaban J connectivity index is 2.48. The van der Waals surface area contributed by atoms with Crippen LogP contribution in [0.4, 0.5) is 5.69 Å². The van der Waals surface area contributed by atoms with Crippen LogP contribution in [0.2, 0.25) is 0 Å². The molecule has 3 N–H and O–H groups in total. The van der Waals surface area contributed by atoms with E-state index in [0.717, 1.165) is 0 Å². The molecule has 21 heavy (non-hydrogen) atoms. The number of para-hydroxylation sites is 1. The molecular weight excluding hydrogens is 292 g/mol. The van der Waals surface area contributed by atoms with Gasteiger partial charge in [-0.2, -0.15) is 0 Å². The summed E-state index contributed by atoms with van der Waals surface area (Å²) in [7, 11) is 0. The predicted octanol–water partition coefficient (Wildman–Crippen LogP) is 1.34. The minimum atomic E-state index is -1.12. The lowest BCUT2D eigenvalue weighted by Gasteiger charge is -2.16. The minimum Gasteiger partial charge on any atom is -0.480 e. The summed E-state index contributed by atoms with van der Waals surface area (Å²) >= 11 is 1.17. The maximum Gasteiger partial charge on any atom is 0.327 e. The van der Waals surface area contributed by atoms with Crippen molar-refractivity contribution in [3.63, 3.8) is 0 Å². The fourth-order valence-electron chi connectivity index (χ4n) is 1.50. The van der Waals surface area contributed by atoms with Gasteiger partial charge in [-0.15, -0.1) is 11.8 Å². The molecule has 2 atom stereocenters. The van der Waals surface area contributed by atoms with Crippen molar-refractivity contribution in [2.45, 2.75) is 25.1 Å². The summed E-state index contributed by atoms with van der Waals surface area (Å²) in [4.78, 5) is 33.8. The fourth-order valence-corrected chi connectivity index (χ4v) is 2.42. The minimum absolute atomic E-state index is 0.123. The summed E-state index contributed by atoms with van der Waals surface area (Å²) in [5, 5.41) is 13.6. The van der Waals surface area contributed by atoms with Crippen LogP contribution >= 0.6 is 11.8 Å². The Morgan fingerprint density at radius 3 is 2.38 bits per heavy atom. The summed E-state index contributed by atoms with van der Waals surface area (Å²) in [5.74, 6) is -1.62. The predicted molar refractivity (Wildman–Crippen MR) is 82.2 cm³/mol. The molecular formula is C14H18N2O4S. The molecule has 1 rings (SSSR count). The van der Waals surface area contributed by atoms with Crippen LogP contribution in [0.1, 0.15) is 13.8 Å². The molecule has 0 bridgehead atoms. The van der Waals surface area contributed by atoms with E-state index in [1.54, 1.807) is 19.1 Å². The van der Waals surface area contributed by atoms with E-state index >= 15 is 0 Å². The molecule has 0 saturated carbocycles. The first-order valence-electron chi connectivity index (χ1n) is 6.37. The molecule has 0 aliphatic carbocycles. The van der Waals surface area contributed by atoms with Crippen molar-refractivity contribution in [3.05, 3.63) is 30.3 Å². The Bertz CT molecular complexity index is 507. The van der Waals surface area contributed by atoms with Gasteiger partial charge in [0.05, 0.1) is 5.25 Å². The second-order valence-corrected chi connectivity index (χ2v) is 5.80. The van der Waals surface area contributed by atoms with Crippen LogP contribution in [-0.2, 0) is 14.4 Å². The van der Waals surface area contributed by atoms with Crippen molar-refractivity contribution in [3.8, 4) is 0 Å². The van der Waals surface area contributed by atoms with Crippen molar-refractivity contribution >= 4 is 35.2 Å². The van der Waals surface area contributed by atoms with Gasteiger partial charge in [0.15, 0.2) is 0 Å². The summed E-state index contributed by atoms with van der Waals surface area (Å²) < 4.78 is 0. The molecule has 1 aromatic carbocycles. The van der Waals surface area contributed by atoms with E-state index in [4.69, 9.17) is 5.11 Å². The van der Waals surface area contributed by atoms with E-state index < -0.39 is 23.2 Å². The van der Waals surface area contributed by atoms with Crippen LogP contribution < -0.4 is 10.6 Å². The average molecular weight is 310 g/mol. The highest BCUT2D eigenvalue weighted by Crippen LogP contribution is 2.15. The molecule has 7 heteroatoms. The van der Waals surface area contributed by atoms with Crippen LogP contribution in [-0.4, -0.2) is 39.9 Å². The van der Waals surface area contributed by atoms with Crippen LogP contribution in [0.5, 0.6) is 0 Å². The highest BCUT2D eigenvalue weighted by molar-refractivity contribution is 8.00. The zero-order valence-electron chi connectivity index (χ0n) is 11.8. The third-order valence-electron chi connectivity index (χ3n) is 2.60. The largest absolute Gasteiger partial charge is 0.480 e. The molecule has 0 spiro atoms. The summed E-state index contributed by atoms with van der Waals surface area (Å²) in [6.45, 7) is 2.95. The third kappa shape index (κ3) is 6.31. The van der Waals surface area contributed by atoms with E-state index in [0.29, 0.717) is 5.69 Å². The standard InChI is InChI=1S/C14H18N2O4S/c1-9(13(18)16-11-6-4-3-5-7-11)21-8-12(14(19)20)15-10(2)17/h3-7,9,12H,8H2,1-2H3,(H,15,17)(H,16,18)(H,19,20)/t9?,12-/m0/s1. The van der Waals surface area contributed by atoms with Gasteiger partial charge >= 0.3 is 5.97 Å². The normalized spacial score (nSPS) is 13.0. The molecule has 0 fully saturated rings. The number of carbonyl (C=O) groups excluding carboxylic acids is 2. The molecule has 0 radical (unpaired) electrons. The molecule has 0 aliphatic rings. The number of nitrogens with one attached hydrogen (secondary N) is 2. The van der Waals surface area contributed by atoms with Gasteiger partial charge in [0.1, 0.15) is 6.04 Å². The lowest BCUT2D eigenvalue weighted by molar-refractivity contribution is -0.140. The zero-order chi connectivity index (χ0) is 15.8. The summed E-state index contributed by atoms with van der Waals surface area (Å²) in [6.07, 6.45) is 0. The highest BCUT2D eigenvalue weighted by Gasteiger charge is 2.22. The van der Waals surface area contributed by atoms with E-state index in [1.165, 1.54) is 18.7 Å². The van der Waals surface area contributed by atoms with E-state index in [2.05, 4.69) is 10.6 Å². The summed E-state index contributed by atoms with van der Waals surface area (Å²) in [6, 6.07) is 8.01. The van der Waals surface area contributed by atoms with Gasteiger partial charge in [-0.25, -0.2) is 4.79 Å². The number of hydrogen-bond donors (Lipinski definition) is 3. The second-order valence-electron chi connectivity index (χ2n) is 4.42. The number of carboxylic acids is 1. The number of hydrogen-bond acceptors (Lipinski definition) is 4. The SMILES string of the molecule is CC(=O)N[C@@H](CSC(C)C(=O)Nc1ccccc1)C(=O)O. The van der Waals surface area contributed by atoms with E-state index in [1.807, 2.05) is 18.2 Å². The quantitative estimate of drug-likeness (QED) is 0.706. The van der Waals surface area contributed by atoms with Crippen molar-refractivity contribution in [2.24, 2.45) is 0 Å². The average Bonchev–Trinajstić information content (AvgIpc) is 2.43. The Labute approximate surface area is 127 Å². The van der Waals surface area contributed by atoms with Crippen molar-refractivity contribution in [1.29, 1.82) is 0 Å². The lowest BCUT2D eigenvalue weighted by Crippen LogP contribution is -2.42. The van der Waals surface area contributed by atoms with Crippen LogP contribution in [0.3, 0.4) is 0 Å². The molecule has 0 aliphatic heterocycles. The second kappa shape index (κ2) is 8.31. The van der Waals surface area contributed by atoms with Crippen LogP contribution in [0.25, 0.3) is 0 Å². The smallest absolute Gasteiger partial charge is 0.327 e. The van der Waals surface area contributed by atoms with Crippen molar-refractivity contribution in [2.75, 3.05) is 11.1 Å². The number of benzene rings is 1. The monoisotopic (exact) mass is 310 g/mol. The van der Waals surface area contributed by atoms with Gasteiger partial charge in [0.2, 0.25) is 11.8 Å². The number of anilines is 1. The zero-order valence-corrected chi connectivity index (χ0v) is 12.6. The molecule has 0 heterocycles. The first kappa shape index (κ1) is 17.0. The maximum absolute atomic E-state index is 12.0. The third-order valence-corrected chi connectivity index (χ3v) is 3.84. The number of rotatable bonds is 7. The van der Waals surface area contributed by atoms with Gasteiger partial charge < -0.3 is 15.7 Å². The Morgan fingerprint density at radius 2 is 1.86 bits per heavy atom. The molecule has 6 nitrogen and oxygen atoms in total. The van der Waals surface area contributed by atoms with E-state index in [-0.39, 0.29) is 11.7 Å². The molecule has 1 aromatic rings. The van der Waals surface area contributed by atoms with Gasteiger partial charge in [-0.3, -0.25) is 9.59 Å². The Hall–Kier alpha value is -2.02. The van der Waals surface area contributed by atoms with Crippen molar-refractivity contribution < 1.29 is 19.5 Å². The molecule has 0 saturated heterocycles. The van der Waals surface area contributed by atoms with Gasteiger partial charge in [-0.1, -0.05) is 18.2 Å². The first-order valence-corrected chi connectivity index (χ1v) is 7.42. The van der Waals surface area contributed by atoms with Gasteiger partial charge in [0.25, 0.3) is 0 Å². The lowest BCUT2D eigenvalue weighted by atomic mass is 10.3. The van der Waals surface area contributed by atoms with Gasteiger partial charge in [0, 0.05) is 18.4 Å². The number of thioether (sulfide) groups is 1. The number of aliphatic carboxylic acids is 1. The first-order chi connectivity index (χ1) is 9.90.